The summed E-state index contributed by atoms with van der Waals surface area (Å²) in [7, 11) is 0. The lowest BCUT2D eigenvalue weighted by molar-refractivity contribution is -0.116. The standard InChI is InChI=1S/C17H15ClN2O/c18-14-6-2-4-8-16(14)20-17(21)10-9-12-11-19-15-7-3-1-5-13(12)15/h1-8,11,19H,9-10H2,(H,20,21). The largest absolute Gasteiger partial charge is 0.361 e. The number of hydrogen-bond donors (Lipinski definition) is 2. The van der Waals surface area contributed by atoms with Crippen molar-refractivity contribution in [1.82, 2.24) is 4.98 Å². The predicted molar refractivity (Wildman–Crippen MR) is 86.7 cm³/mol. The topological polar surface area (TPSA) is 44.9 Å². The lowest BCUT2D eigenvalue weighted by Crippen LogP contribution is -2.12. The van der Waals surface area contributed by atoms with Crippen LogP contribution in [0.15, 0.2) is 54.7 Å². The van der Waals surface area contributed by atoms with Gasteiger partial charge in [-0.25, -0.2) is 0 Å². The average molecular weight is 299 g/mol. The van der Waals surface area contributed by atoms with Crippen LogP contribution in [-0.2, 0) is 11.2 Å². The number of nitrogens with one attached hydrogen (secondary N) is 2. The highest BCUT2D eigenvalue weighted by Gasteiger charge is 2.08. The van der Waals surface area contributed by atoms with E-state index in [1.165, 1.54) is 5.39 Å². The molecule has 1 aromatic heterocycles. The van der Waals surface area contributed by atoms with E-state index < -0.39 is 0 Å². The van der Waals surface area contributed by atoms with Gasteiger partial charge >= 0.3 is 0 Å². The first kappa shape index (κ1) is 13.7. The van der Waals surface area contributed by atoms with E-state index in [0.717, 1.165) is 11.1 Å². The van der Waals surface area contributed by atoms with Crippen molar-refractivity contribution in [3.05, 3.63) is 65.3 Å². The van der Waals surface area contributed by atoms with Crippen LogP contribution in [-0.4, -0.2) is 10.9 Å². The second-order valence-corrected chi connectivity index (χ2v) is 5.29. The van der Waals surface area contributed by atoms with Gasteiger partial charge in [0.05, 0.1) is 10.7 Å². The molecule has 0 fully saturated rings. The summed E-state index contributed by atoms with van der Waals surface area (Å²) in [4.78, 5) is 15.2. The molecule has 0 aliphatic rings. The van der Waals surface area contributed by atoms with Crippen LogP contribution in [0.2, 0.25) is 5.02 Å². The molecule has 0 unspecified atom stereocenters. The van der Waals surface area contributed by atoms with Crippen molar-refractivity contribution in [2.24, 2.45) is 0 Å². The van der Waals surface area contributed by atoms with Crippen LogP contribution in [0.3, 0.4) is 0 Å². The van der Waals surface area contributed by atoms with Crippen molar-refractivity contribution in [3.8, 4) is 0 Å². The van der Waals surface area contributed by atoms with Gasteiger partial charge in [-0.1, -0.05) is 41.9 Å². The number of halogens is 1. The summed E-state index contributed by atoms with van der Waals surface area (Å²) < 4.78 is 0. The zero-order valence-electron chi connectivity index (χ0n) is 11.4. The molecule has 3 rings (SSSR count). The first-order chi connectivity index (χ1) is 10.2. The van der Waals surface area contributed by atoms with E-state index in [1.54, 1.807) is 12.1 Å². The van der Waals surface area contributed by atoms with Gasteiger partial charge in [0.25, 0.3) is 0 Å². The first-order valence-electron chi connectivity index (χ1n) is 6.83. The van der Waals surface area contributed by atoms with Gasteiger partial charge in [0.2, 0.25) is 5.91 Å². The normalized spacial score (nSPS) is 10.7. The molecule has 1 amide bonds. The summed E-state index contributed by atoms with van der Waals surface area (Å²) >= 11 is 6.03. The minimum Gasteiger partial charge on any atom is -0.361 e. The fraction of sp³-hybridized carbons (Fsp3) is 0.118. The Morgan fingerprint density at radius 2 is 1.86 bits per heavy atom. The molecule has 2 aromatic carbocycles. The van der Waals surface area contributed by atoms with Crippen LogP contribution < -0.4 is 5.32 Å². The average Bonchev–Trinajstić information content (AvgIpc) is 2.91. The van der Waals surface area contributed by atoms with Crippen LogP contribution in [0, 0.1) is 0 Å². The van der Waals surface area contributed by atoms with E-state index in [0.29, 0.717) is 23.6 Å². The third-order valence-electron chi connectivity index (χ3n) is 3.44. The number of aromatic amines is 1. The van der Waals surface area contributed by atoms with Crippen molar-refractivity contribution in [2.45, 2.75) is 12.8 Å². The molecular weight excluding hydrogens is 284 g/mol. The van der Waals surface area contributed by atoms with Crippen LogP contribution in [0.1, 0.15) is 12.0 Å². The Labute approximate surface area is 127 Å². The van der Waals surface area contributed by atoms with E-state index in [1.807, 2.05) is 36.5 Å². The highest BCUT2D eigenvalue weighted by molar-refractivity contribution is 6.33. The van der Waals surface area contributed by atoms with Crippen molar-refractivity contribution in [2.75, 3.05) is 5.32 Å². The van der Waals surface area contributed by atoms with Crippen LogP contribution in [0.25, 0.3) is 10.9 Å². The van der Waals surface area contributed by atoms with E-state index in [4.69, 9.17) is 11.6 Å². The predicted octanol–water partition coefficient (Wildman–Crippen LogP) is 4.39. The number of para-hydroxylation sites is 2. The van der Waals surface area contributed by atoms with Crippen molar-refractivity contribution >= 4 is 34.1 Å². The number of carbonyl (C=O) groups is 1. The van der Waals surface area contributed by atoms with Gasteiger partial charge in [0.1, 0.15) is 0 Å². The van der Waals surface area contributed by atoms with Crippen LogP contribution in [0.4, 0.5) is 5.69 Å². The molecule has 0 aliphatic heterocycles. The zero-order valence-corrected chi connectivity index (χ0v) is 12.2. The van der Waals surface area contributed by atoms with E-state index in [-0.39, 0.29) is 5.91 Å². The maximum absolute atomic E-state index is 12.0. The van der Waals surface area contributed by atoms with Gasteiger partial charge < -0.3 is 10.3 Å². The molecular formula is C17H15ClN2O. The number of carbonyl (C=O) groups excluding carboxylic acids is 1. The smallest absolute Gasteiger partial charge is 0.224 e. The molecule has 0 aliphatic carbocycles. The molecule has 0 saturated carbocycles. The quantitative estimate of drug-likeness (QED) is 0.737. The number of fused-ring (bicyclic) bond motifs is 1. The number of aromatic nitrogens is 1. The highest BCUT2D eigenvalue weighted by atomic mass is 35.5. The summed E-state index contributed by atoms with van der Waals surface area (Å²) in [6.07, 6.45) is 3.08. The van der Waals surface area contributed by atoms with Crippen LogP contribution >= 0.6 is 11.6 Å². The van der Waals surface area contributed by atoms with Crippen molar-refractivity contribution < 1.29 is 4.79 Å². The lowest BCUT2D eigenvalue weighted by atomic mass is 10.1. The minimum atomic E-state index is -0.0339. The molecule has 21 heavy (non-hydrogen) atoms. The van der Waals surface area contributed by atoms with E-state index in [2.05, 4.69) is 16.4 Å². The summed E-state index contributed by atoms with van der Waals surface area (Å²) in [5.74, 6) is -0.0339. The van der Waals surface area contributed by atoms with Crippen LogP contribution in [0.5, 0.6) is 0 Å². The van der Waals surface area contributed by atoms with Gasteiger partial charge in [0, 0.05) is 23.5 Å². The second kappa shape index (κ2) is 6.02. The van der Waals surface area contributed by atoms with Gasteiger partial charge in [-0.3, -0.25) is 4.79 Å². The molecule has 106 valence electrons. The maximum Gasteiger partial charge on any atom is 0.224 e. The number of benzene rings is 2. The first-order valence-corrected chi connectivity index (χ1v) is 7.21. The molecule has 0 saturated heterocycles. The maximum atomic E-state index is 12.0. The molecule has 3 aromatic rings. The number of H-pyrrole nitrogens is 1. The fourth-order valence-electron chi connectivity index (χ4n) is 2.36. The van der Waals surface area contributed by atoms with E-state index >= 15 is 0 Å². The van der Waals surface area contributed by atoms with Gasteiger partial charge in [0.15, 0.2) is 0 Å². The van der Waals surface area contributed by atoms with Gasteiger partial charge in [-0.15, -0.1) is 0 Å². The Morgan fingerprint density at radius 1 is 1.10 bits per heavy atom. The fourth-order valence-corrected chi connectivity index (χ4v) is 2.54. The van der Waals surface area contributed by atoms with Crippen molar-refractivity contribution in [3.63, 3.8) is 0 Å². The molecule has 3 nitrogen and oxygen atoms in total. The van der Waals surface area contributed by atoms with Gasteiger partial charge in [-0.2, -0.15) is 0 Å². The SMILES string of the molecule is O=C(CCc1c[nH]c2ccccc12)Nc1ccccc1Cl. The summed E-state index contributed by atoms with van der Waals surface area (Å²) in [6.45, 7) is 0. The Bertz CT molecular complexity index is 779. The third kappa shape index (κ3) is 3.09. The molecule has 2 N–H and O–H groups in total. The number of rotatable bonds is 4. The molecule has 4 heteroatoms. The molecule has 0 spiro atoms. The zero-order chi connectivity index (χ0) is 14.7. The molecule has 0 atom stereocenters. The Hall–Kier alpha value is -2.26. The second-order valence-electron chi connectivity index (χ2n) is 4.89. The molecule has 0 radical (unpaired) electrons. The summed E-state index contributed by atoms with van der Waals surface area (Å²) in [6, 6.07) is 15.3. The Balaban J connectivity index is 1.65. The third-order valence-corrected chi connectivity index (χ3v) is 3.77. The number of anilines is 1. The number of aryl methyl sites for hydroxylation is 1. The molecule has 0 bridgehead atoms. The number of amides is 1. The highest BCUT2D eigenvalue weighted by Crippen LogP contribution is 2.22. The van der Waals surface area contributed by atoms with E-state index in [9.17, 15) is 4.79 Å². The number of hydrogen-bond acceptors (Lipinski definition) is 1. The van der Waals surface area contributed by atoms with Crippen molar-refractivity contribution in [1.29, 1.82) is 0 Å². The molecule has 1 heterocycles. The summed E-state index contributed by atoms with van der Waals surface area (Å²) in [5, 5.41) is 4.56. The lowest BCUT2D eigenvalue weighted by Gasteiger charge is -2.06. The minimum absolute atomic E-state index is 0.0339. The monoisotopic (exact) mass is 298 g/mol. The van der Waals surface area contributed by atoms with Gasteiger partial charge in [-0.05, 0) is 30.2 Å². The Kier molecular flexibility index (Phi) is 3.93. The Morgan fingerprint density at radius 3 is 2.71 bits per heavy atom. The summed E-state index contributed by atoms with van der Waals surface area (Å²) in [5.41, 5.74) is 2.90.